The molecule has 31 heavy (non-hydrogen) atoms. The second-order valence-electron chi connectivity index (χ2n) is 8.86. The predicted octanol–water partition coefficient (Wildman–Crippen LogP) is 4.66. The van der Waals surface area contributed by atoms with Crippen molar-refractivity contribution in [3.8, 4) is 11.1 Å². The molecule has 160 valence electrons. The van der Waals surface area contributed by atoms with E-state index in [1.165, 1.54) is 16.7 Å². The van der Waals surface area contributed by atoms with Crippen molar-refractivity contribution in [3.05, 3.63) is 90.3 Å². The molecule has 1 fully saturated rings. The highest BCUT2D eigenvalue weighted by atomic mass is 16.2. The van der Waals surface area contributed by atoms with E-state index in [2.05, 4.69) is 70.5 Å². The van der Waals surface area contributed by atoms with Gasteiger partial charge in [-0.3, -0.25) is 14.7 Å². The summed E-state index contributed by atoms with van der Waals surface area (Å²) < 4.78 is 0. The number of amides is 1. The molecule has 0 spiro atoms. The highest BCUT2D eigenvalue weighted by Gasteiger charge is 2.43. The maximum Gasteiger partial charge on any atom is 0.229 e. The van der Waals surface area contributed by atoms with E-state index in [0.29, 0.717) is 0 Å². The smallest absolute Gasteiger partial charge is 0.229 e. The molecular formula is C27H31N3O. The Labute approximate surface area is 185 Å². The third kappa shape index (κ3) is 4.86. The third-order valence-electron chi connectivity index (χ3n) is 6.28. The van der Waals surface area contributed by atoms with Crippen molar-refractivity contribution in [2.24, 2.45) is 5.41 Å². The molecule has 1 saturated heterocycles. The second kappa shape index (κ2) is 9.44. The lowest BCUT2D eigenvalue weighted by molar-refractivity contribution is -0.143. The Bertz CT molecular complexity index is 1000. The van der Waals surface area contributed by atoms with Crippen LogP contribution in [-0.2, 0) is 17.8 Å². The molecule has 1 aromatic heterocycles. The van der Waals surface area contributed by atoms with Crippen LogP contribution in [0.3, 0.4) is 0 Å². The summed E-state index contributed by atoms with van der Waals surface area (Å²) in [6.45, 7) is 2.69. The van der Waals surface area contributed by atoms with E-state index >= 15 is 0 Å². The molecule has 1 aliphatic heterocycles. The van der Waals surface area contributed by atoms with E-state index in [1.54, 1.807) is 11.1 Å². The molecular weight excluding hydrogens is 382 g/mol. The molecule has 0 radical (unpaired) electrons. The number of carbonyl (C=O) groups excluding carboxylic acids is 1. The SMILES string of the molecule is CN(C)C(=O)C1(Cc2ccccc2-c2cccnc2)CCCN(Cc2ccccc2)C1. The normalized spacial score (nSPS) is 19.2. The molecule has 2 aromatic carbocycles. The lowest BCUT2D eigenvalue weighted by Crippen LogP contribution is -2.52. The van der Waals surface area contributed by atoms with Gasteiger partial charge >= 0.3 is 0 Å². The molecule has 0 bridgehead atoms. The van der Waals surface area contributed by atoms with Crippen LogP contribution in [0.4, 0.5) is 0 Å². The molecule has 4 nitrogen and oxygen atoms in total. The van der Waals surface area contributed by atoms with Crippen LogP contribution in [0.1, 0.15) is 24.0 Å². The van der Waals surface area contributed by atoms with Crippen molar-refractivity contribution in [1.82, 2.24) is 14.8 Å². The number of hydrogen-bond donors (Lipinski definition) is 0. The number of piperidine rings is 1. The number of rotatable bonds is 6. The Kier molecular flexibility index (Phi) is 6.47. The molecule has 0 N–H and O–H groups in total. The first-order valence-electron chi connectivity index (χ1n) is 11.0. The van der Waals surface area contributed by atoms with Gasteiger partial charge < -0.3 is 4.90 Å². The molecule has 0 aliphatic carbocycles. The predicted molar refractivity (Wildman–Crippen MR) is 125 cm³/mol. The van der Waals surface area contributed by atoms with Crippen LogP contribution in [0.5, 0.6) is 0 Å². The van der Waals surface area contributed by atoms with Gasteiger partial charge in [-0.05, 0) is 48.6 Å². The molecule has 1 aliphatic rings. The minimum atomic E-state index is -0.422. The van der Waals surface area contributed by atoms with Gasteiger partial charge in [0.1, 0.15) is 0 Å². The minimum absolute atomic E-state index is 0.228. The lowest BCUT2D eigenvalue weighted by Gasteiger charge is -2.43. The van der Waals surface area contributed by atoms with Gasteiger partial charge in [-0.15, -0.1) is 0 Å². The first kappa shape index (κ1) is 21.3. The number of aromatic nitrogens is 1. The van der Waals surface area contributed by atoms with Gasteiger partial charge in [0.05, 0.1) is 5.41 Å². The number of hydrogen-bond acceptors (Lipinski definition) is 3. The van der Waals surface area contributed by atoms with Gasteiger partial charge in [0.2, 0.25) is 5.91 Å². The number of nitrogens with zero attached hydrogens (tertiary/aromatic N) is 3. The van der Waals surface area contributed by atoms with Gasteiger partial charge in [-0.1, -0.05) is 60.7 Å². The van der Waals surface area contributed by atoms with Crippen LogP contribution < -0.4 is 0 Å². The average molecular weight is 414 g/mol. The van der Waals surface area contributed by atoms with Crippen molar-refractivity contribution in [2.45, 2.75) is 25.8 Å². The highest BCUT2D eigenvalue weighted by molar-refractivity contribution is 5.83. The number of pyridine rings is 1. The third-order valence-corrected chi connectivity index (χ3v) is 6.28. The van der Waals surface area contributed by atoms with E-state index < -0.39 is 5.41 Å². The van der Waals surface area contributed by atoms with Crippen LogP contribution in [-0.4, -0.2) is 47.9 Å². The van der Waals surface area contributed by atoms with E-state index in [-0.39, 0.29) is 5.91 Å². The Morgan fingerprint density at radius 3 is 2.55 bits per heavy atom. The minimum Gasteiger partial charge on any atom is -0.348 e. The largest absolute Gasteiger partial charge is 0.348 e. The summed E-state index contributed by atoms with van der Waals surface area (Å²) in [4.78, 5) is 22.1. The molecule has 1 amide bonds. The van der Waals surface area contributed by atoms with Gasteiger partial charge in [-0.2, -0.15) is 0 Å². The molecule has 4 rings (SSSR count). The Morgan fingerprint density at radius 1 is 1.03 bits per heavy atom. The van der Waals surface area contributed by atoms with E-state index in [1.807, 2.05) is 26.4 Å². The van der Waals surface area contributed by atoms with Crippen molar-refractivity contribution < 1.29 is 4.79 Å². The van der Waals surface area contributed by atoms with Gasteiger partial charge in [0.15, 0.2) is 0 Å². The maximum atomic E-state index is 13.6. The first-order chi connectivity index (χ1) is 15.1. The molecule has 1 unspecified atom stereocenters. The second-order valence-corrected chi connectivity index (χ2v) is 8.86. The van der Waals surface area contributed by atoms with Crippen LogP contribution in [0.15, 0.2) is 79.1 Å². The zero-order valence-corrected chi connectivity index (χ0v) is 18.5. The fourth-order valence-corrected chi connectivity index (χ4v) is 4.92. The molecule has 3 aromatic rings. The Hall–Kier alpha value is -2.98. The van der Waals surface area contributed by atoms with E-state index in [0.717, 1.165) is 44.5 Å². The standard InChI is InChI=1S/C27H31N3O/c1-29(2)26(31)27(15-9-17-30(21-27)20-22-10-4-3-5-11-22)18-23-12-6-7-14-25(23)24-13-8-16-28-19-24/h3-8,10-14,16,19H,9,15,17-18,20-21H2,1-2H3. The lowest BCUT2D eigenvalue weighted by atomic mass is 9.73. The highest BCUT2D eigenvalue weighted by Crippen LogP contribution is 2.38. The van der Waals surface area contributed by atoms with Crippen LogP contribution in [0.25, 0.3) is 11.1 Å². The van der Waals surface area contributed by atoms with Crippen LogP contribution >= 0.6 is 0 Å². The topological polar surface area (TPSA) is 36.4 Å². The summed E-state index contributed by atoms with van der Waals surface area (Å²) in [5.41, 5.74) is 4.36. The Balaban J connectivity index is 1.66. The van der Waals surface area contributed by atoms with Crippen molar-refractivity contribution in [2.75, 3.05) is 27.2 Å². The fourth-order valence-electron chi connectivity index (χ4n) is 4.92. The van der Waals surface area contributed by atoms with Gasteiger partial charge in [-0.25, -0.2) is 0 Å². The fraction of sp³-hybridized carbons (Fsp3) is 0.333. The van der Waals surface area contributed by atoms with Crippen molar-refractivity contribution in [3.63, 3.8) is 0 Å². The number of benzene rings is 2. The molecule has 2 heterocycles. The Morgan fingerprint density at radius 2 is 1.81 bits per heavy atom. The van der Waals surface area contributed by atoms with Crippen molar-refractivity contribution >= 4 is 5.91 Å². The summed E-state index contributed by atoms with van der Waals surface area (Å²) in [5.74, 6) is 0.228. The van der Waals surface area contributed by atoms with Gasteiger partial charge in [0.25, 0.3) is 0 Å². The number of carbonyl (C=O) groups is 1. The average Bonchev–Trinajstić information content (AvgIpc) is 2.80. The molecule has 0 saturated carbocycles. The molecule has 4 heteroatoms. The van der Waals surface area contributed by atoms with Crippen molar-refractivity contribution in [1.29, 1.82) is 0 Å². The number of likely N-dealkylation sites (tertiary alicyclic amines) is 1. The first-order valence-corrected chi connectivity index (χ1v) is 11.0. The van der Waals surface area contributed by atoms with E-state index in [9.17, 15) is 4.79 Å². The summed E-state index contributed by atoms with van der Waals surface area (Å²) in [6.07, 6.45) is 6.38. The summed E-state index contributed by atoms with van der Waals surface area (Å²) in [6, 6.07) is 23.1. The molecule has 1 atom stereocenters. The zero-order chi connectivity index (χ0) is 21.7. The maximum absolute atomic E-state index is 13.6. The van der Waals surface area contributed by atoms with E-state index in [4.69, 9.17) is 0 Å². The van der Waals surface area contributed by atoms with Crippen LogP contribution in [0.2, 0.25) is 0 Å². The van der Waals surface area contributed by atoms with Crippen LogP contribution in [0, 0.1) is 5.41 Å². The zero-order valence-electron chi connectivity index (χ0n) is 18.5. The summed E-state index contributed by atoms with van der Waals surface area (Å²) in [7, 11) is 3.76. The summed E-state index contributed by atoms with van der Waals surface area (Å²) >= 11 is 0. The summed E-state index contributed by atoms with van der Waals surface area (Å²) in [5, 5.41) is 0. The monoisotopic (exact) mass is 413 g/mol. The van der Waals surface area contributed by atoms with Gasteiger partial charge in [0, 0.05) is 45.1 Å². The quantitative estimate of drug-likeness (QED) is 0.590.